The normalized spacial score (nSPS) is 10.4. The fourth-order valence-electron chi connectivity index (χ4n) is 2.78. The summed E-state index contributed by atoms with van der Waals surface area (Å²) in [5, 5.41) is 8.95. The SMILES string of the molecule is CCc1nc(N(c2ccccc2)c2ccccc2)nc(OCC(=O)O)c1C. The standard InChI is InChI=1S/C21H21N3O3/c1-3-18-15(2)20(27-14-19(25)26)23-21(22-18)24(16-10-6-4-7-11-16)17-12-8-5-9-13-17/h4-13H,3,14H2,1-2H3,(H,25,26). The summed E-state index contributed by atoms with van der Waals surface area (Å²) in [5.74, 6) is -0.318. The Labute approximate surface area is 158 Å². The van der Waals surface area contributed by atoms with E-state index in [0.717, 1.165) is 22.6 Å². The second kappa shape index (κ2) is 8.31. The Morgan fingerprint density at radius 3 is 2.04 bits per heavy atom. The van der Waals surface area contributed by atoms with Crippen LogP contribution in [0.2, 0.25) is 0 Å². The molecular formula is C21H21N3O3. The Balaban J connectivity index is 2.14. The molecule has 0 atom stereocenters. The van der Waals surface area contributed by atoms with E-state index < -0.39 is 12.6 Å². The number of carbonyl (C=O) groups is 1. The molecule has 0 unspecified atom stereocenters. The Morgan fingerprint density at radius 1 is 1.00 bits per heavy atom. The van der Waals surface area contributed by atoms with Crippen molar-refractivity contribution in [3.8, 4) is 5.88 Å². The van der Waals surface area contributed by atoms with E-state index in [1.807, 2.05) is 79.4 Å². The lowest BCUT2D eigenvalue weighted by Crippen LogP contribution is -2.17. The molecule has 0 spiro atoms. The van der Waals surface area contributed by atoms with E-state index in [9.17, 15) is 4.79 Å². The maximum absolute atomic E-state index is 10.9. The van der Waals surface area contributed by atoms with Gasteiger partial charge in [0.1, 0.15) is 0 Å². The molecule has 0 radical (unpaired) electrons. The minimum absolute atomic E-state index is 0.288. The maximum atomic E-state index is 10.9. The average Bonchev–Trinajstić information content (AvgIpc) is 2.69. The van der Waals surface area contributed by atoms with Gasteiger partial charge in [-0.15, -0.1) is 0 Å². The van der Waals surface area contributed by atoms with Crippen LogP contribution < -0.4 is 9.64 Å². The molecule has 2 aromatic carbocycles. The average molecular weight is 363 g/mol. The van der Waals surface area contributed by atoms with Gasteiger partial charge in [0.2, 0.25) is 11.8 Å². The Hall–Kier alpha value is -3.41. The van der Waals surface area contributed by atoms with Crippen molar-refractivity contribution in [1.29, 1.82) is 0 Å². The number of anilines is 3. The molecule has 6 heteroatoms. The molecule has 0 saturated heterocycles. The van der Waals surface area contributed by atoms with E-state index in [2.05, 4.69) is 4.98 Å². The monoisotopic (exact) mass is 363 g/mol. The molecule has 0 saturated carbocycles. The minimum Gasteiger partial charge on any atom is -0.479 e. The van der Waals surface area contributed by atoms with Crippen molar-refractivity contribution in [2.75, 3.05) is 11.5 Å². The first-order valence-corrected chi connectivity index (χ1v) is 8.72. The lowest BCUT2D eigenvalue weighted by Gasteiger charge is -2.24. The summed E-state index contributed by atoms with van der Waals surface area (Å²) in [7, 11) is 0. The van der Waals surface area contributed by atoms with Gasteiger partial charge in [-0.3, -0.25) is 4.90 Å². The molecular weight excluding hydrogens is 342 g/mol. The van der Waals surface area contributed by atoms with Crippen molar-refractivity contribution in [3.05, 3.63) is 71.9 Å². The van der Waals surface area contributed by atoms with Crippen LogP contribution in [-0.2, 0) is 11.2 Å². The van der Waals surface area contributed by atoms with Crippen LogP contribution in [0.3, 0.4) is 0 Å². The molecule has 0 aliphatic carbocycles. The quantitative estimate of drug-likeness (QED) is 0.675. The van der Waals surface area contributed by atoms with Crippen molar-refractivity contribution in [3.63, 3.8) is 0 Å². The van der Waals surface area contributed by atoms with Gasteiger partial charge in [-0.05, 0) is 37.6 Å². The van der Waals surface area contributed by atoms with Gasteiger partial charge in [-0.2, -0.15) is 4.98 Å². The lowest BCUT2D eigenvalue weighted by atomic mass is 10.2. The number of ether oxygens (including phenoxy) is 1. The van der Waals surface area contributed by atoms with E-state index in [1.165, 1.54) is 0 Å². The molecule has 0 aliphatic heterocycles. The number of carboxylic acid groups (broad SMARTS) is 1. The molecule has 3 rings (SSSR count). The maximum Gasteiger partial charge on any atom is 0.341 e. The van der Waals surface area contributed by atoms with Crippen LogP contribution in [0.25, 0.3) is 0 Å². The Morgan fingerprint density at radius 2 is 1.56 bits per heavy atom. The van der Waals surface area contributed by atoms with E-state index in [1.54, 1.807) is 0 Å². The van der Waals surface area contributed by atoms with Crippen LogP contribution in [-0.4, -0.2) is 27.7 Å². The number of aliphatic carboxylic acids is 1. The zero-order chi connectivity index (χ0) is 19.2. The molecule has 138 valence electrons. The number of para-hydroxylation sites is 2. The molecule has 27 heavy (non-hydrogen) atoms. The highest BCUT2D eigenvalue weighted by Crippen LogP contribution is 2.34. The van der Waals surface area contributed by atoms with Gasteiger partial charge in [-0.25, -0.2) is 9.78 Å². The van der Waals surface area contributed by atoms with Crippen LogP contribution in [0.4, 0.5) is 17.3 Å². The molecule has 1 aromatic heterocycles. The molecule has 0 amide bonds. The molecule has 1 N–H and O–H groups in total. The smallest absolute Gasteiger partial charge is 0.341 e. The van der Waals surface area contributed by atoms with Crippen molar-refractivity contribution >= 4 is 23.3 Å². The summed E-state index contributed by atoms with van der Waals surface area (Å²) < 4.78 is 5.43. The Bertz CT molecular complexity index is 875. The molecule has 0 fully saturated rings. The summed E-state index contributed by atoms with van der Waals surface area (Å²) in [6.45, 7) is 3.39. The number of hydrogen-bond donors (Lipinski definition) is 1. The van der Waals surface area contributed by atoms with Crippen molar-refractivity contribution in [2.24, 2.45) is 0 Å². The first kappa shape index (κ1) is 18.4. The predicted octanol–water partition coefficient (Wildman–Crippen LogP) is 4.28. The number of aromatic nitrogens is 2. The van der Waals surface area contributed by atoms with E-state index in [4.69, 9.17) is 14.8 Å². The van der Waals surface area contributed by atoms with E-state index >= 15 is 0 Å². The number of carboxylic acids is 1. The van der Waals surface area contributed by atoms with Crippen LogP contribution in [0.5, 0.6) is 5.88 Å². The zero-order valence-electron chi connectivity index (χ0n) is 15.3. The molecule has 3 aromatic rings. The predicted molar refractivity (Wildman–Crippen MR) is 104 cm³/mol. The van der Waals surface area contributed by atoms with Gasteiger partial charge in [0, 0.05) is 16.9 Å². The summed E-state index contributed by atoms with van der Waals surface area (Å²) in [4.78, 5) is 22.1. The number of nitrogens with zero attached hydrogens (tertiary/aromatic N) is 3. The highest BCUT2D eigenvalue weighted by atomic mass is 16.5. The first-order chi connectivity index (χ1) is 13.1. The second-order valence-electron chi connectivity index (χ2n) is 5.94. The Kier molecular flexibility index (Phi) is 5.66. The van der Waals surface area contributed by atoms with Crippen LogP contribution in [0.15, 0.2) is 60.7 Å². The third-order valence-electron chi connectivity index (χ3n) is 4.09. The van der Waals surface area contributed by atoms with E-state index in [-0.39, 0.29) is 5.88 Å². The first-order valence-electron chi connectivity index (χ1n) is 8.72. The van der Waals surface area contributed by atoms with Gasteiger partial charge in [0.05, 0.1) is 5.69 Å². The summed E-state index contributed by atoms with van der Waals surface area (Å²) >= 11 is 0. The topological polar surface area (TPSA) is 75.5 Å². The van der Waals surface area contributed by atoms with Gasteiger partial charge in [-0.1, -0.05) is 43.3 Å². The lowest BCUT2D eigenvalue weighted by molar-refractivity contribution is -0.139. The van der Waals surface area contributed by atoms with E-state index in [0.29, 0.717) is 12.4 Å². The van der Waals surface area contributed by atoms with Crippen LogP contribution in [0.1, 0.15) is 18.2 Å². The van der Waals surface area contributed by atoms with Gasteiger partial charge in [0.25, 0.3) is 0 Å². The molecule has 1 heterocycles. The number of hydrogen-bond acceptors (Lipinski definition) is 5. The number of aryl methyl sites for hydroxylation is 1. The van der Waals surface area contributed by atoms with Crippen LogP contribution >= 0.6 is 0 Å². The van der Waals surface area contributed by atoms with Crippen LogP contribution in [0, 0.1) is 6.92 Å². The van der Waals surface area contributed by atoms with Gasteiger partial charge in [0.15, 0.2) is 6.61 Å². The highest BCUT2D eigenvalue weighted by Gasteiger charge is 2.19. The highest BCUT2D eigenvalue weighted by molar-refractivity contribution is 5.73. The van der Waals surface area contributed by atoms with Gasteiger partial charge >= 0.3 is 5.97 Å². The van der Waals surface area contributed by atoms with Crippen molar-refractivity contribution in [2.45, 2.75) is 20.3 Å². The fourth-order valence-corrected chi connectivity index (χ4v) is 2.78. The molecule has 0 aliphatic rings. The third-order valence-corrected chi connectivity index (χ3v) is 4.09. The fraction of sp³-hybridized carbons (Fsp3) is 0.190. The third kappa shape index (κ3) is 4.23. The van der Waals surface area contributed by atoms with Crippen molar-refractivity contribution < 1.29 is 14.6 Å². The molecule has 6 nitrogen and oxygen atoms in total. The van der Waals surface area contributed by atoms with Crippen molar-refractivity contribution in [1.82, 2.24) is 9.97 Å². The second-order valence-corrected chi connectivity index (χ2v) is 5.94. The zero-order valence-corrected chi connectivity index (χ0v) is 15.3. The minimum atomic E-state index is -1.05. The number of benzene rings is 2. The largest absolute Gasteiger partial charge is 0.479 e. The summed E-state index contributed by atoms with van der Waals surface area (Å²) in [6.07, 6.45) is 0.683. The molecule has 0 bridgehead atoms. The number of rotatable bonds is 7. The summed E-state index contributed by atoms with van der Waals surface area (Å²) in [5.41, 5.74) is 3.37. The summed E-state index contributed by atoms with van der Waals surface area (Å²) in [6, 6.07) is 19.6. The van der Waals surface area contributed by atoms with Gasteiger partial charge < -0.3 is 9.84 Å².